The number of fused-ring (bicyclic) bond motifs is 1. The van der Waals surface area contributed by atoms with Gasteiger partial charge in [-0.15, -0.1) is 0 Å². The summed E-state index contributed by atoms with van der Waals surface area (Å²) in [6.45, 7) is 10.3. The molecule has 204 valence electrons. The lowest BCUT2D eigenvalue weighted by molar-refractivity contribution is -0.137. The Morgan fingerprint density at radius 2 is 1.61 bits per heavy atom. The van der Waals surface area contributed by atoms with E-state index in [-0.39, 0.29) is 22.6 Å². The summed E-state index contributed by atoms with van der Waals surface area (Å²) >= 11 is 0. The molecule has 0 saturated carbocycles. The SMILES string of the molecule is CC(C)c1nc2c(c(-c3ccc(F)cc3)c1C(F)c1ccc(C(F)(F)F)cc1)C(O[SiH2]C(C)(C)C)CCC2. The average molecular weight is 548 g/mol. The number of rotatable bonds is 6. The third-order valence-corrected chi connectivity index (χ3v) is 8.20. The second kappa shape index (κ2) is 10.9. The Kier molecular flexibility index (Phi) is 8.14. The zero-order valence-corrected chi connectivity index (χ0v) is 23.8. The number of hydrogen-bond acceptors (Lipinski definition) is 2. The molecule has 3 aromatic rings. The average Bonchev–Trinajstić information content (AvgIpc) is 2.85. The van der Waals surface area contributed by atoms with Gasteiger partial charge in [0.1, 0.15) is 5.82 Å². The monoisotopic (exact) mass is 547 g/mol. The minimum atomic E-state index is -4.51. The van der Waals surface area contributed by atoms with Crippen LogP contribution in [0.1, 0.15) is 99.3 Å². The molecule has 1 aliphatic rings. The number of aromatic nitrogens is 1. The summed E-state index contributed by atoms with van der Waals surface area (Å²) in [5.74, 6) is -0.553. The van der Waals surface area contributed by atoms with Gasteiger partial charge in [0.2, 0.25) is 0 Å². The van der Waals surface area contributed by atoms with E-state index in [1.165, 1.54) is 24.3 Å². The first-order valence-corrected chi connectivity index (χ1v) is 14.3. The predicted molar refractivity (Wildman–Crippen MR) is 143 cm³/mol. The molecule has 0 bridgehead atoms. The lowest BCUT2D eigenvalue weighted by Gasteiger charge is -2.33. The second-order valence-electron chi connectivity index (χ2n) is 11.5. The van der Waals surface area contributed by atoms with E-state index >= 15 is 4.39 Å². The Morgan fingerprint density at radius 3 is 2.16 bits per heavy atom. The van der Waals surface area contributed by atoms with E-state index in [1.807, 2.05) is 13.8 Å². The van der Waals surface area contributed by atoms with Crippen LogP contribution in [0.5, 0.6) is 0 Å². The molecule has 0 amide bonds. The smallest absolute Gasteiger partial charge is 0.416 e. The molecule has 1 aromatic heterocycles. The van der Waals surface area contributed by atoms with Crippen molar-refractivity contribution in [1.29, 1.82) is 0 Å². The molecule has 2 unspecified atom stereocenters. The van der Waals surface area contributed by atoms with E-state index < -0.39 is 33.5 Å². The summed E-state index contributed by atoms with van der Waals surface area (Å²) in [5, 5.41) is 0.0463. The van der Waals surface area contributed by atoms with Crippen molar-refractivity contribution in [2.24, 2.45) is 0 Å². The molecule has 0 aliphatic heterocycles. The van der Waals surface area contributed by atoms with Crippen molar-refractivity contribution in [2.45, 2.75) is 83.3 Å². The van der Waals surface area contributed by atoms with Gasteiger partial charge in [0.25, 0.3) is 0 Å². The maximum atomic E-state index is 16.6. The molecule has 1 heterocycles. The van der Waals surface area contributed by atoms with E-state index in [2.05, 4.69) is 20.8 Å². The van der Waals surface area contributed by atoms with Gasteiger partial charge < -0.3 is 4.43 Å². The molecule has 2 atom stereocenters. The zero-order valence-electron chi connectivity index (χ0n) is 22.4. The lowest BCUT2D eigenvalue weighted by atomic mass is 9.80. The van der Waals surface area contributed by atoms with E-state index in [0.717, 1.165) is 42.7 Å². The number of benzene rings is 2. The molecule has 1 aliphatic carbocycles. The minimum Gasteiger partial charge on any atom is -0.416 e. The van der Waals surface area contributed by atoms with Gasteiger partial charge in [0.05, 0.1) is 17.4 Å². The van der Waals surface area contributed by atoms with Crippen molar-refractivity contribution in [3.05, 3.63) is 88.0 Å². The third kappa shape index (κ3) is 6.17. The molecular weight excluding hydrogens is 513 g/mol. The molecule has 8 heteroatoms. The highest BCUT2D eigenvalue weighted by Crippen LogP contribution is 2.47. The molecule has 0 spiro atoms. The fourth-order valence-electron chi connectivity index (χ4n) is 4.97. The van der Waals surface area contributed by atoms with E-state index in [4.69, 9.17) is 9.41 Å². The summed E-state index contributed by atoms with van der Waals surface area (Å²) in [4.78, 5) is 4.96. The highest BCUT2D eigenvalue weighted by Gasteiger charge is 2.35. The van der Waals surface area contributed by atoms with Gasteiger partial charge in [-0.05, 0) is 71.2 Å². The molecule has 0 saturated heterocycles. The van der Waals surface area contributed by atoms with Crippen molar-refractivity contribution in [1.82, 2.24) is 4.98 Å². The highest BCUT2D eigenvalue weighted by atomic mass is 28.2. The Morgan fingerprint density at radius 1 is 0.974 bits per heavy atom. The van der Waals surface area contributed by atoms with E-state index in [9.17, 15) is 17.6 Å². The minimum absolute atomic E-state index is 0.0463. The Labute approximate surface area is 223 Å². The van der Waals surface area contributed by atoms with Crippen LogP contribution >= 0.6 is 0 Å². The summed E-state index contributed by atoms with van der Waals surface area (Å²) in [6, 6.07) is 10.1. The standard InChI is InChI=1S/C30H34F5NOSi/c1-17(2)28-26(27(32)19-9-13-20(14-10-19)30(33,34)35)24(18-11-15-21(31)16-12-18)25-22(36-28)7-6-8-23(25)37-38-29(3,4)5/h9-17,23,27H,6-8,38H2,1-5H3. The molecular formula is C30H34F5NOSi. The van der Waals surface area contributed by atoms with Crippen LogP contribution in [0, 0.1) is 5.82 Å². The van der Waals surface area contributed by atoms with Gasteiger partial charge >= 0.3 is 6.18 Å². The van der Waals surface area contributed by atoms with Gasteiger partial charge in [-0.1, -0.05) is 58.9 Å². The maximum Gasteiger partial charge on any atom is 0.416 e. The molecule has 0 N–H and O–H groups in total. The second-order valence-corrected chi connectivity index (χ2v) is 14.3. The Hall–Kier alpha value is -2.58. The van der Waals surface area contributed by atoms with Crippen molar-refractivity contribution in [3.63, 3.8) is 0 Å². The van der Waals surface area contributed by atoms with Gasteiger partial charge in [-0.2, -0.15) is 13.2 Å². The number of pyridine rings is 1. The molecule has 0 fully saturated rings. The predicted octanol–water partition coefficient (Wildman–Crippen LogP) is 8.79. The first kappa shape index (κ1) is 28.4. The summed E-state index contributed by atoms with van der Waals surface area (Å²) in [7, 11) is -0.951. The normalized spacial score (nSPS) is 17.3. The van der Waals surface area contributed by atoms with Crippen LogP contribution < -0.4 is 0 Å². The number of hydrogen-bond donors (Lipinski definition) is 0. The van der Waals surface area contributed by atoms with Gasteiger partial charge in [-0.3, -0.25) is 4.98 Å². The third-order valence-electron chi connectivity index (χ3n) is 6.76. The van der Waals surface area contributed by atoms with Crippen molar-refractivity contribution in [3.8, 4) is 11.1 Å². The van der Waals surface area contributed by atoms with E-state index in [1.54, 1.807) is 12.1 Å². The fraction of sp³-hybridized carbons (Fsp3) is 0.433. The lowest BCUT2D eigenvalue weighted by Crippen LogP contribution is -2.23. The molecule has 4 rings (SSSR count). The van der Waals surface area contributed by atoms with Gasteiger partial charge in [0.15, 0.2) is 15.9 Å². The van der Waals surface area contributed by atoms with Crippen molar-refractivity contribution >= 4 is 9.76 Å². The Bertz CT molecular complexity index is 1260. The quantitative estimate of drug-likeness (QED) is 0.227. The highest BCUT2D eigenvalue weighted by molar-refractivity contribution is 6.31. The van der Waals surface area contributed by atoms with Crippen LogP contribution in [0.2, 0.25) is 5.04 Å². The van der Waals surface area contributed by atoms with E-state index in [0.29, 0.717) is 22.4 Å². The number of halogens is 5. The molecule has 38 heavy (non-hydrogen) atoms. The molecule has 2 aromatic carbocycles. The summed E-state index contributed by atoms with van der Waals surface area (Å²) in [5.41, 5.74) is 3.11. The van der Waals surface area contributed by atoms with Crippen molar-refractivity contribution < 1.29 is 26.4 Å². The number of nitrogens with zero attached hydrogens (tertiary/aromatic N) is 1. The van der Waals surface area contributed by atoms with Crippen LogP contribution in [0.3, 0.4) is 0 Å². The van der Waals surface area contributed by atoms with Crippen LogP contribution in [0.25, 0.3) is 11.1 Å². The summed E-state index contributed by atoms with van der Waals surface area (Å²) in [6.07, 6.45) is -4.13. The molecule has 2 nitrogen and oxygen atoms in total. The first-order valence-electron chi connectivity index (χ1n) is 13.0. The van der Waals surface area contributed by atoms with Crippen LogP contribution in [-0.4, -0.2) is 14.7 Å². The van der Waals surface area contributed by atoms with Crippen molar-refractivity contribution in [2.75, 3.05) is 0 Å². The van der Waals surface area contributed by atoms with Gasteiger partial charge in [0, 0.05) is 16.8 Å². The van der Waals surface area contributed by atoms with Gasteiger partial charge in [-0.25, -0.2) is 8.78 Å². The fourth-order valence-corrected chi connectivity index (χ4v) is 6.00. The van der Waals surface area contributed by atoms with Crippen LogP contribution in [-0.2, 0) is 17.0 Å². The van der Waals surface area contributed by atoms with Crippen LogP contribution in [0.15, 0.2) is 48.5 Å². The first-order chi connectivity index (χ1) is 17.8. The van der Waals surface area contributed by atoms with Crippen LogP contribution in [0.4, 0.5) is 22.0 Å². The number of aryl methyl sites for hydroxylation is 1. The topological polar surface area (TPSA) is 22.1 Å². The zero-order chi connectivity index (χ0) is 27.8. The Balaban J connectivity index is 1.96. The largest absolute Gasteiger partial charge is 0.416 e. The summed E-state index contributed by atoms with van der Waals surface area (Å²) < 4.78 is 76.6. The number of alkyl halides is 4. The maximum absolute atomic E-state index is 16.6. The molecule has 0 radical (unpaired) electrons.